The summed E-state index contributed by atoms with van der Waals surface area (Å²) < 4.78 is 5.71. The maximum atomic E-state index is 11.8. The molecule has 0 radical (unpaired) electrons. The molecule has 30 heavy (non-hydrogen) atoms. The average molecular weight is 423 g/mol. The van der Waals surface area contributed by atoms with E-state index in [9.17, 15) is 9.90 Å². The fourth-order valence-electron chi connectivity index (χ4n) is 4.39. The number of anilines is 1. The first-order valence-electron chi connectivity index (χ1n) is 9.87. The maximum Gasteiger partial charge on any atom is 0.407 e. The number of rotatable bonds is 3. The lowest BCUT2D eigenvalue weighted by Gasteiger charge is -2.28. The highest BCUT2D eigenvalue weighted by atomic mass is 32.1. The average Bonchev–Trinajstić information content (AvgIpc) is 3.45. The van der Waals surface area contributed by atoms with Crippen molar-refractivity contribution in [3.63, 3.8) is 0 Å². The van der Waals surface area contributed by atoms with Gasteiger partial charge in [0.1, 0.15) is 11.3 Å². The Balaban J connectivity index is 1.63. The second-order valence-electron chi connectivity index (χ2n) is 7.54. The number of hydrogen-bond donors (Lipinski definition) is 2. The third-order valence-corrected chi connectivity index (χ3v) is 6.56. The number of nitrogens with two attached hydrogens (primary N) is 1. The SMILES string of the molecule is Nc1ncc(-c2cc3c(c([C@@H]4CCCN4C(=O)O)c2)COCC3)cc1-c1nncs1. The summed E-state index contributed by atoms with van der Waals surface area (Å²) in [4.78, 5) is 17.7. The molecule has 2 aromatic heterocycles. The van der Waals surface area contributed by atoms with E-state index in [1.807, 2.05) is 6.07 Å². The van der Waals surface area contributed by atoms with Gasteiger partial charge < -0.3 is 20.5 Å². The Hall–Kier alpha value is -3.04. The van der Waals surface area contributed by atoms with Crippen molar-refractivity contribution in [2.45, 2.75) is 31.9 Å². The number of carbonyl (C=O) groups is 1. The van der Waals surface area contributed by atoms with E-state index >= 15 is 0 Å². The number of hydrogen-bond acceptors (Lipinski definition) is 7. The van der Waals surface area contributed by atoms with Crippen LogP contribution >= 0.6 is 11.3 Å². The van der Waals surface area contributed by atoms with Gasteiger partial charge in [0.05, 0.1) is 24.8 Å². The summed E-state index contributed by atoms with van der Waals surface area (Å²) in [5, 5.41) is 18.4. The Kier molecular flexibility index (Phi) is 4.84. The Morgan fingerprint density at radius 3 is 3.00 bits per heavy atom. The van der Waals surface area contributed by atoms with Crippen LogP contribution in [0.15, 0.2) is 29.9 Å². The molecular formula is C21H21N5O3S. The lowest BCUT2D eigenvalue weighted by molar-refractivity contribution is 0.107. The normalized spacial score (nSPS) is 18.4. The highest BCUT2D eigenvalue weighted by Crippen LogP contribution is 2.40. The summed E-state index contributed by atoms with van der Waals surface area (Å²) in [5.41, 5.74) is 13.8. The van der Waals surface area contributed by atoms with Crippen LogP contribution in [-0.2, 0) is 17.8 Å². The van der Waals surface area contributed by atoms with E-state index in [1.54, 1.807) is 16.6 Å². The maximum absolute atomic E-state index is 11.8. The molecule has 1 amide bonds. The zero-order chi connectivity index (χ0) is 20.7. The topological polar surface area (TPSA) is 114 Å². The molecule has 8 nitrogen and oxygen atoms in total. The van der Waals surface area contributed by atoms with Crippen molar-refractivity contribution in [1.82, 2.24) is 20.1 Å². The fraction of sp³-hybridized carbons (Fsp3) is 0.333. The molecule has 4 heterocycles. The van der Waals surface area contributed by atoms with Gasteiger partial charge in [0.25, 0.3) is 0 Å². The number of aromatic nitrogens is 3. The number of amides is 1. The summed E-state index contributed by atoms with van der Waals surface area (Å²) in [7, 11) is 0. The molecule has 1 saturated heterocycles. The molecule has 0 saturated carbocycles. The Labute approximate surface area is 177 Å². The van der Waals surface area contributed by atoms with Crippen LogP contribution in [-0.4, -0.2) is 44.4 Å². The van der Waals surface area contributed by atoms with Gasteiger partial charge in [-0.05, 0) is 53.6 Å². The minimum atomic E-state index is -0.874. The zero-order valence-corrected chi connectivity index (χ0v) is 17.1. The molecule has 154 valence electrons. The number of nitrogens with zero attached hydrogens (tertiary/aromatic N) is 4. The number of pyridine rings is 1. The van der Waals surface area contributed by atoms with Gasteiger partial charge in [-0.1, -0.05) is 17.4 Å². The highest BCUT2D eigenvalue weighted by Gasteiger charge is 2.33. The molecule has 0 unspecified atom stereocenters. The number of benzene rings is 1. The molecule has 1 fully saturated rings. The van der Waals surface area contributed by atoms with Gasteiger partial charge in [0.2, 0.25) is 0 Å². The predicted molar refractivity (Wildman–Crippen MR) is 113 cm³/mol. The van der Waals surface area contributed by atoms with Crippen molar-refractivity contribution in [2.75, 3.05) is 18.9 Å². The van der Waals surface area contributed by atoms with E-state index in [0.717, 1.165) is 52.1 Å². The quantitative estimate of drug-likeness (QED) is 0.659. The second-order valence-corrected chi connectivity index (χ2v) is 8.37. The van der Waals surface area contributed by atoms with Crippen molar-refractivity contribution in [2.24, 2.45) is 0 Å². The molecule has 0 spiro atoms. The van der Waals surface area contributed by atoms with Gasteiger partial charge in [0.15, 0.2) is 5.01 Å². The third-order valence-electron chi connectivity index (χ3n) is 5.84. The number of carboxylic acid groups (broad SMARTS) is 1. The predicted octanol–water partition coefficient (Wildman–Crippen LogP) is 3.74. The number of fused-ring (bicyclic) bond motifs is 1. The van der Waals surface area contributed by atoms with E-state index in [0.29, 0.717) is 25.6 Å². The molecule has 3 aromatic rings. The van der Waals surface area contributed by atoms with Gasteiger partial charge in [0, 0.05) is 18.3 Å². The van der Waals surface area contributed by atoms with Gasteiger partial charge in [-0.25, -0.2) is 9.78 Å². The van der Waals surface area contributed by atoms with Crippen LogP contribution in [0, 0.1) is 0 Å². The first-order valence-corrected chi connectivity index (χ1v) is 10.7. The molecule has 3 N–H and O–H groups in total. The van der Waals surface area contributed by atoms with Gasteiger partial charge >= 0.3 is 6.09 Å². The lowest BCUT2D eigenvalue weighted by atomic mass is 9.88. The van der Waals surface area contributed by atoms with E-state index in [-0.39, 0.29) is 6.04 Å². The minimum Gasteiger partial charge on any atom is -0.465 e. The number of ether oxygens (including phenoxy) is 1. The van der Waals surface area contributed by atoms with Crippen molar-refractivity contribution in [3.05, 3.63) is 46.6 Å². The lowest BCUT2D eigenvalue weighted by Crippen LogP contribution is -2.30. The molecular weight excluding hydrogens is 402 g/mol. The number of likely N-dealkylation sites (tertiary alicyclic amines) is 1. The molecule has 0 aliphatic carbocycles. The Morgan fingerprint density at radius 2 is 2.20 bits per heavy atom. The van der Waals surface area contributed by atoms with Crippen molar-refractivity contribution in [3.8, 4) is 21.7 Å². The largest absolute Gasteiger partial charge is 0.465 e. The van der Waals surface area contributed by atoms with Crippen LogP contribution in [0.2, 0.25) is 0 Å². The van der Waals surface area contributed by atoms with Crippen molar-refractivity contribution < 1.29 is 14.6 Å². The molecule has 1 atom stereocenters. The Morgan fingerprint density at radius 1 is 1.30 bits per heavy atom. The molecule has 2 aliphatic rings. The van der Waals surface area contributed by atoms with Crippen LogP contribution in [0.5, 0.6) is 0 Å². The van der Waals surface area contributed by atoms with Crippen LogP contribution in [0.4, 0.5) is 10.6 Å². The first kappa shape index (κ1) is 19.0. The second kappa shape index (κ2) is 7.66. The van der Waals surface area contributed by atoms with Crippen LogP contribution in [0.1, 0.15) is 35.6 Å². The molecule has 5 rings (SSSR count). The zero-order valence-electron chi connectivity index (χ0n) is 16.2. The summed E-state index contributed by atoms with van der Waals surface area (Å²) in [6.07, 6.45) is 3.37. The molecule has 9 heteroatoms. The van der Waals surface area contributed by atoms with Crippen LogP contribution in [0.25, 0.3) is 21.7 Å². The van der Waals surface area contributed by atoms with Gasteiger partial charge in [-0.2, -0.15) is 0 Å². The summed E-state index contributed by atoms with van der Waals surface area (Å²) in [6, 6.07) is 6.09. The third kappa shape index (κ3) is 3.29. The fourth-order valence-corrected chi connectivity index (χ4v) is 4.97. The summed E-state index contributed by atoms with van der Waals surface area (Å²) >= 11 is 1.41. The minimum absolute atomic E-state index is 0.151. The monoisotopic (exact) mass is 423 g/mol. The van der Waals surface area contributed by atoms with E-state index in [4.69, 9.17) is 10.5 Å². The van der Waals surface area contributed by atoms with Crippen molar-refractivity contribution in [1.29, 1.82) is 0 Å². The van der Waals surface area contributed by atoms with Crippen LogP contribution < -0.4 is 5.73 Å². The van der Waals surface area contributed by atoms with Gasteiger partial charge in [-0.3, -0.25) is 0 Å². The van der Waals surface area contributed by atoms with Crippen LogP contribution in [0.3, 0.4) is 0 Å². The van der Waals surface area contributed by atoms with Gasteiger partial charge in [-0.15, -0.1) is 10.2 Å². The smallest absolute Gasteiger partial charge is 0.407 e. The molecule has 1 aromatic carbocycles. The molecule has 2 aliphatic heterocycles. The number of nitrogen functional groups attached to an aromatic ring is 1. The summed E-state index contributed by atoms with van der Waals surface area (Å²) in [5.74, 6) is 0.412. The van der Waals surface area contributed by atoms with E-state index < -0.39 is 6.09 Å². The Bertz CT molecular complexity index is 1100. The summed E-state index contributed by atoms with van der Waals surface area (Å²) in [6.45, 7) is 1.74. The van der Waals surface area contributed by atoms with E-state index in [1.165, 1.54) is 16.9 Å². The molecule has 0 bridgehead atoms. The highest BCUT2D eigenvalue weighted by molar-refractivity contribution is 7.12. The van der Waals surface area contributed by atoms with E-state index in [2.05, 4.69) is 27.3 Å². The standard InChI is InChI=1S/C21H21N5O3S/c22-19-16(20-25-24-11-30-20)8-14(9-23-19)13-6-12-3-5-29-10-17(12)15(7-13)18-2-1-4-26(18)21(27)28/h6-9,11,18H,1-5,10H2,(H2,22,23)(H,27,28)/t18-/m0/s1. The first-order chi connectivity index (χ1) is 14.6. The van der Waals surface area contributed by atoms with Crippen molar-refractivity contribution >= 4 is 23.2 Å².